The summed E-state index contributed by atoms with van der Waals surface area (Å²) < 4.78 is 27.8. The summed E-state index contributed by atoms with van der Waals surface area (Å²) in [6.45, 7) is 5.26. The zero-order chi connectivity index (χ0) is 22.1. The molecule has 1 atom stereocenters. The molecule has 0 aliphatic carbocycles. The van der Waals surface area contributed by atoms with Gasteiger partial charge in [-0.15, -0.1) is 5.10 Å². The van der Waals surface area contributed by atoms with Crippen molar-refractivity contribution < 1.29 is 13.2 Å². The third kappa shape index (κ3) is 4.92. The van der Waals surface area contributed by atoms with E-state index in [0.717, 1.165) is 22.3 Å². The topological polar surface area (TPSA) is 128 Å². The zero-order valence-electron chi connectivity index (χ0n) is 16.9. The summed E-state index contributed by atoms with van der Waals surface area (Å²) in [6, 6.07) is 10.1. The predicted molar refractivity (Wildman–Crippen MR) is 113 cm³/mol. The van der Waals surface area contributed by atoms with Gasteiger partial charge in [-0.2, -0.15) is 5.10 Å². The second kappa shape index (κ2) is 8.11. The SMILES string of the molecule is Cc1cc(C)n(-c2ccc(=O)n([C@@H](C)C(=O)Nc3cccc(NS(C)(=O)=O)c3)n2)n1. The Labute approximate surface area is 173 Å². The van der Waals surface area contributed by atoms with Crippen molar-refractivity contribution in [1.82, 2.24) is 19.6 Å². The monoisotopic (exact) mass is 430 g/mol. The van der Waals surface area contributed by atoms with Gasteiger partial charge in [0.25, 0.3) is 5.56 Å². The van der Waals surface area contributed by atoms with Crippen LogP contribution in [0.2, 0.25) is 0 Å². The Kier molecular flexibility index (Phi) is 5.74. The number of hydrogen-bond acceptors (Lipinski definition) is 6. The van der Waals surface area contributed by atoms with Gasteiger partial charge >= 0.3 is 0 Å². The van der Waals surface area contributed by atoms with Crippen LogP contribution in [0.5, 0.6) is 0 Å². The highest BCUT2D eigenvalue weighted by atomic mass is 32.2. The van der Waals surface area contributed by atoms with Gasteiger partial charge in [0.15, 0.2) is 5.82 Å². The van der Waals surface area contributed by atoms with Crippen LogP contribution in [0.4, 0.5) is 11.4 Å². The number of carbonyl (C=O) groups excluding carboxylic acids is 1. The lowest BCUT2D eigenvalue weighted by Gasteiger charge is -2.15. The van der Waals surface area contributed by atoms with E-state index in [0.29, 0.717) is 17.2 Å². The Bertz CT molecular complexity index is 1260. The van der Waals surface area contributed by atoms with Crippen molar-refractivity contribution in [1.29, 1.82) is 0 Å². The van der Waals surface area contributed by atoms with Crippen molar-refractivity contribution in [3.8, 4) is 5.82 Å². The second-order valence-electron chi connectivity index (χ2n) is 6.93. The largest absolute Gasteiger partial charge is 0.324 e. The minimum absolute atomic E-state index is 0.310. The van der Waals surface area contributed by atoms with Crippen LogP contribution in [0.25, 0.3) is 5.82 Å². The van der Waals surface area contributed by atoms with E-state index >= 15 is 0 Å². The standard InChI is InChI=1S/C19H22N6O4S/c1-12-10-13(2)24(21-12)17-8-9-18(26)25(22-17)14(3)19(27)20-15-6-5-7-16(11-15)23-30(4,28)29/h5-11,14,23H,1-4H3,(H,20,27)/t14-/m0/s1. The van der Waals surface area contributed by atoms with Crippen molar-refractivity contribution in [2.24, 2.45) is 0 Å². The third-order valence-corrected chi connectivity index (χ3v) is 4.82. The number of benzene rings is 1. The van der Waals surface area contributed by atoms with Gasteiger partial charge in [-0.25, -0.2) is 17.8 Å². The fourth-order valence-corrected chi connectivity index (χ4v) is 3.45. The maximum absolute atomic E-state index is 12.7. The number of hydrogen-bond donors (Lipinski definition) is 2. The first-order valence-electron chi connectivity index (χ1n) is 9.06. The van der Waals surface area contributed by atoms with E-state index in [-0.39, 0.29) is 0 Å². The van der Waals surface area contributed by atoms with Gasteiger partial charge in [-0.3, -0.25) is 14.3 Å². The molecule has 0 bridgehead atoms. The summed E-state index contributed by atoms with van der Waals surface area (Å²) in [7, 11) is -3.45. The van der Waals surface area contributed by atoms with Gasteiger partial charge in [0, 0.05) is 17.4 Å². The molecular weight excluding hydrogens is 408 g/mol. The van der Waals surface area contributed by atoms with E-state index in [1.807, 2.05) is 19.9 Å². The number of aromatic nitrogens is 4. The molecule has 3 rings (SSSR count). The average molecular weight is 430 g/mol. The Balaban J connectivity index is 1.85. The molecule has 3 aromatic rings. The Morgan fingerprint density at radius 3 is 2.40 bits per heavy atom. The molecule has 0 aliphatic heterocycles. The van der Waals surface area contributed by atoms with E-state index in [1.54, 1.807) is 35.9 Å². The van der Waals surface area contributed by atoms with Crippen LogP contribution in [0, 0.1) is 13.8 Å². The summed E-state index contributed by atoms with van der Waals surface area (Å²) in [5.74, 6) is -0.0641. The molecule has 30 heavy (non-hydrogen) atoms. The summed E-state index contributed by atoms with van der Waals surface area (Å²) in [4.78, 5) is 25.0. The minimum atomic E-state index is -3.45. The lowest BCUT2D eigenvalue weighted by molar-refractivity contribution is -0.119. The number of amides is 1. The summed E-state index contributed by atoms with van der Waals surface area (Å²) in [6.07, 6.45) is 1.04. The predicted octanol–water partition coefficient (Wildman–Crippen LogP) is 1.62. The van der Waals surface area contributed by atoms with Gasteiger partial charge in [0.2, 0.25) is 15.9 Å². The molecule has 2 N–H and O–H groups in total. The van der Waals surface area contributed by atoms with Crippen LogP contribution < -0.4 is 15.6 Å². The molecule has 1 aromatic carbocycles. The van der Waals surface area contributed by atoms with Crippen molar-refractivity contribution in [3.63, 3.8) is 0 Å². The fraction of sp³-hybridized carbons (Fsp3) is 0.263. The first-order chi connectivity index (χ1) is 14.0. The van der Waals surface area contributed by atoms with E-state index < -0.39 is 27.5 Å². The van der Waals surface area contributed by atoms with Crippen molar-refractivity contribution >= 4 is 27.3 Å². The van der Waals surface area contributed by atoms with Gasteiger partial charge in [0.1, 0.15) is 6.04 Å². The number of nitrogens with one attached hydrogen (secondary N) is 2. The van der Waals surface area contributed by atoms with Crippen LogP contribution in [0.15, 0.2) is 47.3 Å². The molecule has 0 fully saturated rings. The molecule has 0 unspecified atom stereocenters. The molecule has 0 saturated carbocycles. The van der Waals surface area contributed by atoms with Crippen LogP contribution in [0.3, 0.4) is 0 Å². The summed E-state index contributed by atoms with van der Waals surface area (Å²) in [5.41, 5.74) is 1.90. The molecule has 11 heteroatoms. The molecule has 0 saturated heterocycles. The number of anilines is 2. The summed E-state index contributed by atoms with van der Waals surface area (Å²) >= 11 is 0. The lowest BCUT2D eigenvalue weighted by atomic mass is 10.2. The number of carbonyl (C=O) groups is 1. The first-order valence-corrected chi connectivity index (χ1v) is 10.9. The Hall–Kier alpha value is -3.47. The zero-order valence-corrected chi connectivity index (χ0v) is 17.8. The van der Waals surface area contributed by atoms with E-state index in [4.69, 9.17) is 0 Å². The third-order valence-electron chi connectivity index (χ3n) is 4.22. The highest BCUT2D eigenvalue weighted by molar-refractivity contribution is 7.92. The van der Waals surface area contributed by atoms with Crippen molar-refractivity contribution in [3.05, 3.63) is 64.2 Å². The highest BCUT2D eigenvalue weighted by Crippen LogP contribution is 2.17. The average Bonchev–Trinajstić information content (AvgIpc) is 2.98. The van der Waals surface area contributed by atoms with Gasteiger partial charge in [-0.05, 0) is 51.1 Å². The number of sulfonamides is 1. The quantitative estimate of drug-likeness (QED) is 0.612. The highest BCUT2D eigenvalue weighted by Gasteiger charge is 2.19. The van der Waals surface area contributed by atoms with Gasteiger partial charge in [0.05, 0.1) is 17.6 Å². The molecular formula is C19H22N6O4S. The van der Waals surface area contributed by atoms with Crippen molar-refractivity contribution in [2.45, 2.75) is 26.8 Å². The second-order valence-corrected chi connectivity index (χ2v) is 8.68. The van der Waals surface area contributed by atoms with Crippen LogP contribution >= 0.6 is 0 Å². The smallest absolute Gasteiger partial charge is 0.267 e. The van der Waals surface area contributed by atoms with Crippen LogP contribution in [-0.2, 0) is 14.8 Å². The molecule has 158 valence electrons. The maximum Gasteiger partial charge on any atom is 0.267 e. The maximum atomic E-state index is 12.7. The van der Waals surface area contributed by atoms with Gasteiger partial charge < -0.3 is 5.32 Å². The van der Waals surface area contributed by atoms with Crippen LogP contribution in [-0.4, -0.2) is 40.1 Å². The van der Waals surface area contributed by atoms with E-state index in [9.17, 15) is 18.0 Å². The molecule has 0 aliphatic rings. The molecule has 0 spiro atoms. The van der Waals surface area contributed by atoms with Crippen molar-refractivity contribution in [2.75, 3.05) is 16.3 Å². The number of nitrogens with zero attached hydrogens (tertiary/aromatic N) is 4. The molecule has 2 heterocycles. The Morgan fingerprint density at radius 1 is 1.07 bits per heavy atom. The van der Waals surface area contributed by atoms with E-state index in [1.165, 1.54) is 12.1 Å². The lowest BCUT2D eigenvalue weighted by Crippen LogP contribution is -2.33. The molecule has 2 aromatic heterocycles. The molecule has 10 nitrogen and oxygen atoms in total. The van der Waals surface area contributed by atoms with E-state index in [2.05, 4.69) is 20.2 Å². The fourth-order valence-electron chi connectivity index (χ4n) is 2.90. The summed E-state index contributed by atoms with van der Waals surface area (Å²) in [5, 5.41) is 11.3. The minimum Gasteiger partial charge on any atom is -0.324 e. The number of aryl methyl sites for hydroxylation is 2. The normalized spacial score (nSPS) is 12.4. The number of rotatable bonds is 6. The van der Waals surface area contributed by atoms with Gasteiger partial charge in [-0.1, -0.05) is 6.07 Å². The molecule has 0 radical (unpaired) electrons. The first kappa shape index (κ1) is 21.2. The molecule has 1 amide bonds. The van der Waals surface area contributed by atoms with Crippen LogP contribution in [0.1, 0.15) is 24.4 Å². The Morgan fingerprint density at radius 2 is 1.77 bits per heavy atom.